The van der Waals surface area contributed by atoms with E-state index >= 15 is 0 Å². The van der Waals surface area contributed by atoms with E-state index in [1.807, 2.05) is 18.2 Å². The lowest BCUT2D eigenvalue weighted by Gasteiger charge is -2.02. The Morgan fingerprint density at radius 2 is 2.07 bits per heavy atom. The lowest BCUT2D eigenvalue weighted by molar-refractivity contribution is 1.42. The van der Waals surface area contributed by atoms with Crippen molar-refractivity contribution in [2.24, 2.45) is 4.99 Å². The van der Waals surface area contributed by atoms with Gasteiger partial charge in [0.05, 0.1) is 5.70 Å². The number of hydrogen-bond donors (Lipinski definition) is 0. The molecule has 1 rings (SSSR count). The molecule has 0 aromatic heterocycles. The Labute approximate surface area is 91.2 Å². The molecule has 0 unspecified atom stereocenters. The molecule has 0 fully saturated rings. The summed E-state index contributed by atoms with van der Waals surface area (Å²) in [6, 6.07) is 8.20. The highest BCUT2D eigenvalue weighted by atomic mass is 14.7. The minimum atomic E-state index is 0.897. The van der Waals surface area contributed by atoms with Crippen LogP contribution in [0.25, 0.3) is 5.70 Å². The van der Waals surface area contributed by atoms with Crippen molar-refractivity contribution in [3.63, 3.8) is 0 Å². The maximum absolute atomic E-state index is 4.29. The number of hydrogen-bond acceptors (Lipinski definition) is 1. The van der Waals surface area contributed by atoms with Crippen molar-refractivity contribution >= 4 is 11.9 Å². The zero-order chi connectivity index (χ0) is 11.1. The molecule has 1 heteroatoms. The van der Waals surface area contributed by atoms with Gasteiger partial charge in [-0.3, -0.25) is 4.99 Å². The predicted molar refractivity (Wildman–Crippen MR) is 68.0 cm³/mol. The molecule has 0 radical (unpaired) electrons. The zero-order valence-corrected chi connectivity index (χ0v) is 8.98. The van der Waals surface area contributed by atoms with Crippen LogP contribution in [-0.4, -0.2) is 6.21 Å². The van der Waals surface area contributed by atoms with Crippen LogP contribution in [0.5, 0.6) is 0 Å². The summed E-state index contributed by atoms with van der Waals surface area (Å²) in [5.74, 6) is 0. The molecule has 0 aliphatic carbocycles. The molecular formula is C14H15N. The van der Waals surface area contributed by atoms with Crippen LogP contribution in [0.15, 0.2) is 60.6 Å². The summed E-state index contributed by atoms with van der Waals surface area (Å²) in [6.07, 6.45) is 6.96. The van der Waals surface area contributed by atoms with Gasteiger partial charge in [-0.1, -0.05) is 49.1 Å². The number of rotatable bonds is 4. The second-order valence-electron chi connectivity index (χ2n) is 3.17. The van der Waals surface area contributed by atoms with Crippen LogP contribution in [-0.2, 0) is 0 Å². The van der Waals surface area contributed by atoms with Gasteiger partial charge >= 0.3 is 0 Å². The van der Waals surface area contributed by atoms with Gasteiger partial charge in [-0.2, -0.15) is 0 Å². The molecule has 0 aliphatic heterocycles. The van der Waals surface area contributed by atoms with Gasteiger partial charge in [-0.05, 0) is 19.1 Å². The van der Waals surface area contributed by atoms with Gasteiger partial charge in [0.2, 0.25) is 0 Å². The summed E-state index contributed by atoms with van der Waals surface area (Å²) in [5.41, 5.74) is 3.21. The van der Waals surface area contributed by atoms with E-state index < -0.39 is 0 Å². The maximum Gasteiger partial charge on any atom is 0.0701 e. The molecule has 0 aliphatic rings. The molecule has 1 nitrogen and oxygen atoms in total. The summed E-state index contributed by atoms with van der Waals surface area (Å²) in [7, 11) is 0. The second-order valence-corrected chi connectivity index (χ2v) is 3.17. The van der Waals surface area contributed by atoms with Gasteiger partial charge in [0.25, 0.3) is 0 Å². The van der Waals surface area contributed by atoms with Crippen molar-refractivity contribution in [1.29, 1.82) is 0 Å². The van der Waals surface area contributed by atoms with Crippen molar-refractivity contribution in [2.75, 3.05) is 0 Å². The van der Waals surface area contributed by atoms with Crippen LogP contribution in [0.2, 0.25) is 0 Å². The molecule has 0 spiro atoms. The first-order valence-corrected chi connectivity index (χ1v) is 4.83. The van der Waals surface area contributed by atoms with Gasteiger partial charge < -0.3 is 0 Å². The minimum Gasteiger partial charge on any atom is -0.256 e. The third-order valence-electron chi connectivity index (χ3n) is 1.91. The fraction of sp³-hybridized carbons (Fsp3) is 0.0714. The first-order valence-electron chi connectivity index (χ1n) is 4.83. The summed E-state index contributed by atoms with van der Waals surface area (Å²) in [5, 5.41) is 0. The van der Waals surface area contributed by atoms with Crippen LogP contribution in [0.1, 0.15) is 11.1 Å². The Morgan fingerprint density at radius 1 is 1.27 bits per heavy atom. The molecule has 0 N–H and O–H groups in total. The molecule has 0 bridgehead atoms. The average Bonchev–Trinajstić information content (AvgIpc) is 2.24. The van der Waals surface area contributed by atoms with E-state index in [-0.39, 0.29) is 0 Å². The average molecular weight is 197 g/mol. The van der Waals surface area contributed by atoms with Gasteiger partial charge in [0.15, 0.2) is 0 Å². The third kappa shape index (κ3) is 3.39. The van der Waals surface area contributed by atoms with E-state index in [9.17, 15) is 0 Å². The smallest absolute Gasteiger partial charge is 0.0701 e. The molecular weight excluding hydrogens is 182 g/mol. The highest BCUT2D eigenvalue weighted by Crippen LogP contribution is 2.16. The number of allylic oxidation sites excluding steroid dienone is 3. The SMILES string of the molecule is C=CC=N/C(=C\C=C)c1cccc(C)c1. The van der Waals surface area contributed by atoms with Crippen LogP contribution >= 0.6 is 0 Å². The van der Waals surface area contributed by atoms with Gasteiger partial charge in [-0.25, -0.2) is 0 Å². The topological polar surface area (TPSA) is 12.4 Å². The molecule has 0 atom stereocenters. The standard InChI is InChI=1S/C14H15N/c1-4-7-14(15-10-5-2)13-9-6-8-12(3)11-13/h4-11H,1-2H2,3H3/b14-7-,15-10?. The van der Waals surface area contributed by atoms with E-state index in [2.05, 4.69) is 37.2 Å². The van der Waals surface area contributed by atoms with Crippen molar-refractivity contribution < 1.29 is 0 Å². The Morgan fingerprint density at radius 3 is 2.67 bits per heavy atom. The summed E-state index contributed by atoms with van der Waals surface area (Å²) >= 11 is 0. The van der Waals surface area contributed by atoms with Crippen molar-refractivity contribution in [3.05, 3.63) is 66.8 Å². The normalized spacial score (nSPS) is 11.7. The first-order chi connectivity index (χ1) is 7.27. The number of benzene rings is 1. The number of aryl methyl sites for hydroxylation is 1. The molecule has 1 aromatic carbocycles. The highest BCUT2D eigenvalue weighted by molar-refractivity contribution is 5.80. The first kappa shape index (κ1) is 11.2. The van der Waals surface area contributed by atoms with Crippen molar-refractivity contribution in [3.8, 4) is 0 Å². The second kappa shape index (κ2) is 5.76. The molecule has 0 saturated carbocycles. The van der Waals surface area contributed by atoms with Crippen LogP contribution < -0.4 is 0 Å². The maximum atomic E-state index is 4.29. The van der Waals surface area contributed by atoms with E-state index in [0.717, 1.165) is 11.3 Å². The van der Waals surface area contributed by atoms with Crippen molar-refractivity contribution in [1.82, 2.24) is 0 Å². The molecule has 15 heavy (non-hydrogen) atoms. The monoisotopic (exact) mass is 197 g/mol. The van der Waals surface area contributed by atoms with Crippen LogP contribution in [0, 0.1) is 6.92 Å². The fourth-order valence-electron chi connectivity index (χ4n) is 1.26. The van der Waals surface area contributed by atoms with Crippen molar-refractivity contribution in [2.45, 2.75) is 6.92 Å². The number of nitrogens with zero attached hydrogens (tertiary/aromatic N) is 1. The number of aliphatic imine (C=N–C) groups is 1. The lowest BCUT2D eigenvalue weighted by Crippen LogP contribution is -1.82. The Hall–Kier alpha value is -1.89. The van der Waals surface area contributed by atoms with Crippen LogP contribution in [0.4, 0.5) is 0 Å². The lowest BCUT2D eigenvalue weighted by atomic mass is 10.1. The molecule has 0 amide bonds. The van der Waals surface area contributed by atoms with Crippen LogP contribution in [0.3, 0.4) is 0 Å². The van der Waals surface area contributed by atoms with Gasteiger partial charge in [0.1, 0.15) is 0 Å². The summed E-state index contributed by atoms with van der Waals surface area (Å²) in [6.45, 7) is 9.34. The fourth-order valence-corrected chi connectivity index (χ4v) is 1.26. The largest absolute Gasteiger partial charge is 0.256 e. The molecule has 76 valence electrons. The van der Waals surface area contributed by atoms with E-state index in [1.54, 1.807) is 18.4 Å². The quantitative estimate of drug-likeness (QED) is 0.514. The summed E-state index contributed by atoms with van der Waals surface area (Å²) in [4.78, 5) is 4.29. The zero-order valence-electron chi connectivity index (χ0n) is 8.98. The molecule has 1 aromatic rings. The minimum absolute atomic E-state index is 0.897. The van der Waals surface area contributed by atoms with Gasteiger partial charge in [0, 0.05) is 11.8 Å². The molecule has 0 heterocycles. The Balaban J connectivity index is 3.09. The predicted octanol–water partition coefficient (Wildman–Crippen LogP) is 3.78. The highest BCUT2D eigenvalue weighted by Gasteiger charge is 1.97. The Kier molecular flexibility index (Phi) is 4.30. The van der Waals surface area contributed by atoms with E-state index in [4.69, 9.17) is 0 Å². The van der Waals surface area contributed by atoms with Gasteiger partial charge in [-0.15, -0.1) is 0 Å². The molecule has 0 saturated heterocycles. The summed E-state index contributed by atoms with van der Waals surface area (Å²) < 4.78 is 0. The Bertz CT molecular complexity index is 411. The van der Waals surface area contributed by atoms with E-state index in [0.29, 0.717) is 0 Å². The van der Waals surface area contributed by atoms with E-state index in [1.165, 1.54) is 5.56 Å². The third-order valence-corrected chi connectivity index (χ3v) is 1.91.